The molecule has 0 aromatic rings. The average Bonchev–Trinajstić information content (AvgIpc) is 2.36. The molecule has 0 radical (unpaired) electrons. The molecule has 2 heteroatoms. The molecule has 0 bridgehead atoms. The number of hydrogen-bond acceptors (Lipinski definition) is 1. The van der Waals surface area contributed by atoms with E-state index in [4.69, 9.17) is 0 Å². The fourth-order valence-corrected chi connectivity index (χ4v) is 1.71. The molecule has 11 heavy (non-hydrogen) atoms. The lowest BCUT2D eigenvalue weighted by Crippen LogP contribution is -2.33. The SMILES string of the molecule is CCC[C@H](C)N1CCCC1=O. The monoisotopic (exact) mass is 155 g/mol. The minimum atomic E-state index is 0.353. The van der Waals surface area contributed by atoms with Crippen LogP contribution in [0.1, 0.15) is 39.5 Å². The second-order valence-corrected chi connectivity index (χ2v) is 3.33. The molecule has 1 aliphatic heterocycles. The molecule has 0 spiro atoms. The molecular formula is C9H17NO. The highest BCUT2D eigenvalue weighted by atomic mass is 16.2. The predicted molar refractivity (Wildman–Crippen MR) is 45.3 cm³/mol. The van der Waals surface area contributed by atoms with Crippen molar-refractivity contribution >= 4 is 5.91 Å². The van der Waals surface area contributed by atoms with Gasteiger partial charge in [0.25, 0.3) is 0 Å². The number of carbonyl (C=O) groups is 1. The van der Waals surface area contributed by atoms with Gasteiger partial charge in [0, 0.05) is 19.0 Å². The second-order valence-electron chi connectivity index (χ2n) is 3.33. The van der Waals surface area contributed by atoms with Crippen LogP contribution in [-0.4, -0.2) is 23.4 Å². The Morgan fingerprint density at radius 2 is 2.36 bits per heavy atom. The van der Waals surface area contributed by atoms with Crippen molar-refractivity contribution in [1.82, 2.24) is 4.90 Å². The first-order valence-electron chi connectivity index (χ1n) is 4.55. The highest BCUT2D eigenvalue weighted by Crippen LogP contribution is 2.15. The van der Waals surface area contributed by atoms with Gasteiger partial charge in [-0.25, -0.2) is 0 Å². The number of nitrogens with zero attached hydrogens (tertiary/aromatic N) is 1. The number of hydrogen-bond donors (Lipinski definition) is 0. The Balaban J connectivity index is 2.39. The first-order valence-corrected chi connectivity index (χ1v) is 4.55. The summed E-state index contributed by atoms with van der Waals surface area (Å²) in [5.41, 5.74) is 0. The molecule has 1 atom stereocenters. The van der Waals surface area contributed by atoms with Crippen molar-refractivity contribution in [2.75, 3.05) is 6.54 Å². The van der Waals surface area contributed by atoms with Crippen molar-refractivity contribution in [2.45, 2.75) is 45.6 Å². The molecular weight excluding hydrogens is 138 g/mol. The number of rotatable bonds is 3. The molecule has 1 saturated heterocycles. The molecule has 0 unspecified atom stereocenters. The zero-order chi connectivity index (χ0) is 8.27. The summed E-state index contributed by atoms with van der Waals surface area (Å²) in [6.45, 7) is 5.30. The van der Waals surface area contributed by atoms with Crippen LogP contribution in [-0.2, 0) is 4.79 Å². The maximum absolute atomic E-state index is 11.2. The van der Waals surface area contributed by atoms with Gasteiger partial charge in [-0.05, 0) is 19.8 Å². The van der Waals surface area contributed by atoms with Crippen molar-refractivity contribution in [1.29, 1.82) is 0 Å². The van der Waals surface area contributed by atoms with Crippen molar-refractivity contribution in [2.24, 2.45) is 0 Å². The van der Waals surface area contributed by atoms with Gasteiger partial charge in [-0.3, -0.25) is 4.79 Å². The summed E-state index contributed by atoms with van der Waals surface area (Å²) in [6, 6.07) is 0.468. The molecule has 1 aliphatic rings. The molecule has 2 nitrogen and oxygen atoms in total. The van der Waals surface area contributed by atoms with E-state index in [0.717, 1.165) is 25.8 Å². The van der Waals surface area contributed by atoms with Crippen molar-refractivity contribution in [3.05, 3.63) is 0 Å². The Morgan fingerprint density at radius 1 is 1.64 bits per heavy atom. The quantitative estimate of drug-likeness (QED) is 0.608. The van der Waals surface area contributed by atoms with Gasteiger partial charge in [0.05, 0.1) is 0 Å². The molecule has 0 aromatic carbocycles. The van der Waals surface area contributed by atoms with Gasteiger partial charge < -0.3 is 4.90 Å². The van der Waals surface area contributed by atoms with Crippen LogP contribution in [0.3, 0.4) is 0 Å². The zero-order valence-electron chi connectivity index (χ0n) is 7.47. The smallest absolute Gasteiger partial charge is 0.222 e. The number of likely N-dealkylation sites (tertiary alicyclic amines) is 1. The summed E-state index contributed by atoms with van der Waals surface area (Å²) in [5, 5.41) is 0. The summed E-state index contributed by atoms with van der Waals surface area (Å²) in [6.07, 6.45) is 4.15. The first-order chi connectivity index (χ1) is 5.25. The van der Waals surface area contributed by atoms with E-state index in [1.54, 1.807) is 0 Å². The van der Waals surface area contributed by atoms with Gasteiger partial charge in [-0.2, -0.15) is 0 Å². The summed E-state index contributed by atoms with van der Waals surface area (Å²) in [5.74, 6) is 0.353. The Hall–Kier alpha value is -0.530. The predicted octanol–water partition coefficient (Wildman–Crippen LogP) is 1.80. The van der Waals surface area contributed by atoms with Gasteiger partial charge in [-0.15, -0.1) is 0 Å². The highest BCUT2D eigenvalue weighted by Gasteiger charge is 2.23. The summed E-state index contributed by atoms with van der Waals surface area (Å²) < 4.78 is 0. The van der Waals surface area contributed by atoms with Crippen molar-refractivity contribution in [3.63, 3.8) is 0 Å². The van der Waals surface area contributed by atoms with Crippen LogP contribution in [0, 0.1) is 0 Å². The lowest BCUT2D eigenvalue weighted by atomic mass is 10.2. The zero-order valence-corrected chi connectivity index (χ0v) is 7.47. The number of carbonyl (C=O) groups excluding carboxylic acids is 1. The van der Waals surface area contributed by atoms with Crippen LogP contribution in [0.2, 0.25) is 0 Å². The van der Waals surface area contributed by atoms with E-state index >= 15 is 0 Å². The highest BCUT2D eigenvalue weighted by molar-refractivity contribution is 5.78. The molecule has 0 saturated carbocycles. The van der Waals surface area contributed by atoms with Gasteiger partial charge in [0.2, 0.25) is 5.91 Å². The molecule has 1 rings (SSSR count). The largest absolute Gasteiger partial charge is 0.340 e. The molecule has 64 valence electrons. The van der Waals surface area contributed by atoms with Crippen LogP contribution in [0.15, 0.2) is 0 Å². The normalized spacial score (nSPS) is 20.9. The van der Waals surface area contributed by atoms with E-state index in [9.17, 15) is 4.79 Å². The first kappa shape index (κ1) is 8.57. The number of amides is 1. The second kappa shape index (κ2) is 3.74. The van der Waals surface area contributed by atoms with Crippen LogP contribution in [0.4, 0.5) is 0 Å². The summed E-state index contributed by atoms with van der Waals surface area (Å²) >= 11 is 0. The van der Waals surface area contributed by atoms with Gasteiger partial charge in [0.1, 0.15) is 0 Å². The minimum absolute atomic E-state index is 0.353. The third kappa shape index (κ3) is 1.95. The minimum Gasteiger partial charge on any atom is -0.340 e. The van der Waals surface area contributed by atoms with Crippen LogP contribution in [0.25, 0.3) is 0 Å². The Kier molecular flexibility index (Phi) is 2.92. The molecule has 1 heterocycles. The lowest BCUT2D eigenvalue weighted by Gasteiger charge is -2.23. The van der Waals surface area contributed by atoms with E-state index in [1.807, 2.05) is 4.90 Å². The standard InChI is InChI=1S/C9H17NO/c1-3-5-8(2)10-7-4-6-9(10)11/h8H,3-7H2,1-2H3/t8-/m0/s1. The molecule has 0 aromatic heterocycles. The van der Waals surface area contributed by atoms with Gasteiger partial charge >= 0.3 is 0 Å². The van der Waals surface area contributed by atoms with E-state index < -0.39 is 0 Å². The fraction of sp³-hybridized carbons (Fsp3) is 0.889. The Labute approximate surface area is 68.6 Å². The average molecular weight is 155 g/mol. The van der Waals surface area contributed by atoms with E-state index in [0.29, 0.717) is 11.9 Å². The summed E-state index contributed by atoms with van der Waals surface area (Å²) in [4.78, 5) is 13.2. The summed E-state index contributed by atoms with van der Waals surface area (Å²) in [7, 11) is 0. The lowest BCUT2D eigenvalue weighted by molar-refractivity contribution is -0.129. The third-order valence-electron chi connectivity index (χ3n) is 2.35. The Morgan fingerprint density at radius 3 is 2.82 bits per heavy atom. The fourth-order valence-electron chi connectivity index (χ4n) is 1.71. The van der Waals surface area contributed by atoms with Crippen LogP contribution < -0.4 is 0 Å². The Bertz CT molecular complexity index is 144. The van der Waals surface area contributed by atoms with E-state index in [2.05, 4.69) is 13.8 Å². The van der Waals surface area contributed by atoms with Crippen LogP contribution in [0.5, 0.6) is 0 Å². The van der Waals surface area contributed by atoms with Crippen molar-refractivity contribution < 1.29 is 4.79 Å². The molecule has 0 N–H and O–H groups in total. The van der Waals surface area contributed by atoms with E-state index in [1.165, 1.54) is 6.42 Å². The maximum atomic E-state index is 11.2. The molecule has 0 aliphatic carbocycles. The topological polar surface area (TPSA) is 20.3 Å². The van der Waals surface area contributed by atoms with Gasteiger partial charge in [0.15, 0.2) is 0 Å². The molecule has 1 amide bonds. The van der Waals surface area contributed by atoms with Crippen LogP contribution >= 0.6 is 0 Å². The molecule has 1 fully saturated rings. The third-order valence-corrected chi connectivity index (χ3v) is 2.35. The maximum Gasteiger partial charge on any atom is 0.222 e. The van der Waals surface area contributed by atoms with Gasteiger partial charge in [-0.1, -0.05) is 13.3 Å². The van der Waals surface area contributed by atoms with Crippen molar-refractivity contribution in [3.8, 4) is 0 Å². The van der Waals surface area contributed by atoms with E-state index in [-0.39, 0.29) is 0 Å².